The third kappa shape index (κ3) is 22.5. The Balaban J connectivity index is 0. The second kappa shape index (κ2) is 25.7. The highest BCUT2D eigenvalue weighted by molar-refractivity contribution is 5.87. The molecule has 0 aromatic heterocycles. The van der Waals surface area contributed by atoms with Gasteiger partial charge in [0.25, 0.3) is 0 Å². The summed E-state index contributed by atoms with van der Waals surface area (Å²) in [7, 11) is 3.12. The second-order valence-corrected chi connectivity index (χ2v) is 11.2. The topological polar surface area (TPSA) is 124 Å². The van der Waals surface area contributed by atoms with Crippen molar-refractivity contribution in [1.29, 1.82) is 0 Å². The van der Waals surface area contributed by atoms with Gasteiger partial charge in [0.2, 0.25) is 0 Å². The lowest BCUT2D eigenvalue weighted by atomic mass is 9.81. The van der Waals surface area contributed by atoms with Gasteiger partial charge in [-0.25, -0.2) is 9.59 Å². The van der Waals surface area contributed by atoms with Crippen LogP contribution in [0.1, 0.15) is 92.9 Å². The average molecular weight is 615 g/mol. The molecule has 43 heavy (non-hydrogen) atoms. The van der Waals surface area contributed by atoms with E-state index >= 15 is 0 Å². The predicted octanol–water partition coefficient (Wildman–Crippen LogP) is 6.01. The summed E-state index contributed by atoms with van der Waals surface area (Å²) in [5.74, 6) is -0.767. The number of hydrogen-bond acceptors (Lipinski definition) is 10. The Morgan fingerprint density at radius 1 is 0.674 bits per heavy atom. The molecule has 0 aliphatic carbocycles. The molecule has 0 amide bonds. The number of esters is 4. The van der Waals surface area contributed by atoms with E-state index in [0.717, 1.165) is 38.5 Å². The third-order valence-corrected chi connectivity index (χ3v) is 6.92. The van der Waals surface area contributed by atoms with Crippen LogP contribution in [0.2, 0.25) is 0 Å². The zero-order valence-electron chi connectivity index (χ0n) is 28.1. The van der Waals surface area contributed by atoms with Crippen LogP contribution in [0.25, 0.3) is 0 Å². The van der Waals surface area contributed by atoms with E-state index in [1.807, 2.05) is 13.8 Å². The van der Waals surface area contributed by atoms with Crippen LogP contribution in [0.5, 0.6) is 0 Å². The van der Waals surface area contributed by atoms with E-state index in [-0.39, 0.29) is 43.6 Å². The normalized spacial score (nSPS) is 13.3. The fraction of sp³-hybridized carbons (Fsp3) is 0.758. The minimum atomic E-state index is -0.656. The smallest absolute Gasteiger partial charge is 0.333 e. The molecule has 0 saturated heterocycles. The van der Waals surface area contributed by atoms with Crippen molar-refractivity contribution in [3.8, 4) is 0 Å². The van der Waals surface area contributed by atoms with Gasteiger partial charge in [0, 0.05) is 25.4 Å². The molecule has 0 bridgehead atoms. The van der Waals surface area contributed by atoms with Gasteiger partial charge in [-0.1, -0.05) is 53.2 Å². The molecule has 0 saturated carbocycles. The first kappa shape index (κ1) is 42.4. The number of rotatable bonds is 23. The Hall–Kier alpha value is -2.72. The number of carbonyl (C=O) groups excluding carboxylic acids is 4. The summed E-state index contributed by atoms with van der Waals surface area (Å²) in [6, 6.07) is 0. The molecular weight excluding hydrogens is 556 g/mol. The lowest BCUT2D eigenvalue weighted by molar-refractivity contribution is -0.159. The second-order valence-electron chi connectivity index (χ2n) is 11.2. The first-order valence-electron chi connectivity index (χ1n) is 15.2. The standard InChI is InChI=1S/C19H34O5.C14H24O5/c1-7-16(4)9-8-10-19(5,18(21)24-14-13-22-6)11-12-23-17(20)15(2)3;1-11(2)13(15)18-8-6-5-7-12(3)14(16)19-10-9-17-4/h16H,2,7-14H2,1,3-6H3;12H,1,5-10H2,2-4H3. The van der Waals surface area contributed by atoms with Crippen molar-refractivity contribution in [3.05, 3.63) is 24.3 Å². The van der Waals surface area contributed by atoms with Crippen LogP contribution < -0.4 is 0 Å². The van der Waals surface area contributed by atoms with Crippen LogP contribution in [-0.2, 0) is 47.6 Å². The molecule has 3 atom stereocenters. The Morgan fingerprint density at radius 3 is 1.72 bits per heavy atom. The van der Waals surface area contributed by atoms with E-state index in [1.54, 1.807) is 28.1 Å². The predicted molar refractivity (Wildman–Crippen MR) is 166 cm³/mol. The summed E-state index contributed by atoms with van der Waals surface area (Å²) < 4.78 is 30.1. The summed E-state index contributed by atoms with van der Waals surface area (Å²) in [5, 5.41) is 0. The molecule has 0 aromatic rings. The minimum absolute atomic E-state index is 0.145. The number of unbranched alkanes of at least 4 members (excludes halogenated alkanes) is 1. The molecule has 0 spiro atoms. The van der Waals surface area contributed by atoms with Crippen LogP contribution in [0.4, 0.5) is 0 Å². The highest BCUT2D eigenvalue weighted by atomic mass is 16.6. The maximum absolute atomic E-state index is 12.5. The summed E-state index contributed by atoms with van der Waals surface area (Å²) in [6.07, 6.45) is 6.56. The van der Waals surface area contributed by atoms with Gasteiger partial charge in [-0.05, 0) is 58.8 Å². The van der Waals surface area contributed by atoms with Crippen LogP contribution >= 0.6 is 0 Å². The molecule has 0 aliphatic rings. The summed E-state index contributed by atoms with van der Waals surface area (Å²) in [6.45, 7) is 20.2. The number of methoxy groups -OCH3 is 2. The first-order chi connectivity index (χ1) is 20.2. The Labute approximate surface area is 259 Å². The summed E-state index contributed by atoms with van der Waals surface area (Å²) in [4.78, 5) is 46.5. The molecule has 0 aliphatic heterocycles. The Kier molecular flexibility index (Phi) is 25.4. The first-order valence-corrected chi connectivity index (χ1v) is 15.2. The van der Waals surface area contributed by atoms with Gasteiger partial charge in [-0.15, -0.1) is 0 Å². The molecule has 0 heterocycles. The fourth-order valence-electron chi connectivity index (χ4n) is 3.58. The Bertz CT molecular complexity index is 838. The van der Waals surface area contributed by atoms with E-state index in [2.05, 4.69) is 27.0 Å². The van der Waals surface area contributed by atoms with Gasteiger partial charge < -0.3 is 28.4 Å². The highest BCUT2D eigenvalue weighted by Crippen LogP contribution is 2.31. The molecule has 10 heteroatoms. The van der Waals surface area contributed by atoms with Crippen molar-refractivity contribution in [1.82, 2.24) is 0 Å². The van der Waals surface area contributed by atoms with Crippen molar-refractivity contribution in [2.45, 2.75) is 92.9 Å². The molecular formula is C33H58O10. The number of ether oxygens (including phenoxy) is 6. The van der Waals surface area contributed by atoms with Crippen LogP contribution in [-0.4, -0.2) is 77.7 Å². The molecule has 0 radical (unpaired) electrons. The monoisotopic (exact) mass is 614 g/mol. The fourth-order valence-corrected chi connectivity index (χ4v) is 3.58. The quantitative estimate of drug-likeness (QED) is 0.0585. The molecule has 10 nitrogen and oxygen atoms in total. The number of hydrogen-bond donors (Lipinski definition) is 0. The van der Waals surface area contributed by atoms with Crippen molar-refractivity contribution in [2.75, 3.05) is 53.9 Å². The average Bonchev–Trinajstić information content (AvgIpc) is 2.96. The van der Waals surface area contributed by atoms with Gasteiger partial charge in [-0.2, -0.15) is 0 Å². The van der Waals surface area contributed by atoms with Crippen LogP contribution in [0.15, 0.2) is 24.3 Å². The lowest BCUT2D eigenvalue weighted by Gasteiger charge is -2.27. The van der Waals surface area contributed by atoms with Crippen molar-refractivity contribution < 1.29 is 47.6 Å². The van der Waals surface area contributed by atoms with Gasteiger partial charge in [-0.3, -0.25) is 9.59 Å². The lowest BCUT2D eigenvalue weighted by Crippen LogP contribution is -2.32. The molecule has 0 aromatic carbocycles. The van der Waals surface area contributed by atoms with Gasteiger partial charge in [0.05, 0.1) is 37.8 Å². The molecule has 0 fully saturated rings. The van der Waals surface area contributed by atoms with Gasteiger partial charge in [0.1, 0.15) is 13.2 Å². The molecule has 250 valence electrons. The third-order valence-electron chi connectivity index (χ3n) is 6.92. The molecule has 0 rings (SSSR count). The van der Waals surface area contributed by atoms with E-state index < -0.39 is 11.4 Å². The van der Waals surface area contributed by atoms with Crippen molar-refractivity contribution in [2.24, 2.45) is 17.3 Å². The van der Waals surface area contributed by atoms with Crippen molar-refractivity contribution in [3.63, 3.8) is 0 Å². The maximum Gasteiger partial charge on any atom is 0.333 e. The minimum Gasteiger partial charge on any atom is -0.463 e. The zero-order valence-corrected chi connectivity index (χ0v) is 28.1. The molecule has 0 N–H and O–H groups in total. The van der Waals surface area contributed by atoms with E-state index in [0.29, 0.717) is 49.7 Å². The van der Waals surface area contributed by atoms with Gasteiger partial charge in [0.15, 0.2) is 0 Å². The highest BCUT2D eigenvalue weighted by Gasteiger charge is 2.34. The SMILES string of the molecule is C=C(C)C(=O)OCCC(C)(CCCC(C)CC)C(=O)OCCOC.C=C(C)C(=O)OCCCCC(C)C(=O)OCCOC. The summed E-state index contributed by atoms with van der Waals surface area (Å²) in [5.41, 5.74) is 0.0996. The van der Waals surface area contributed by atoms with Gasteiger partial charge >= 0.3 is 23.9 Å². The van der Waals surface area contributed by atoms with E-state index in [1.165, 1.54) is 0 Å². The zero-order chi connectivity index (χ0) is 33.3. The van der Waals surface area contributed by atoms with E-state index in [4.69, 9.17) is 28.4 Å². The molecule has 3 unspecified atom stereocenters. The number of carbonyl (C=O) groups is 4. The Morgan fingerprint density at radius 2 is 1.21 bits per heavy atom. The van der Waals surface area contributed by atoms with Crippen LogP contribution in [0.3, 0.4) is 0 Å². The summed E-state index contributed by atoms with van der Waals surface area (Å²) >= 11 is 0. The van der Waals surface area contributed by atoms with Crippen molar-refractivity contribution >= 4 is 23.9 Å². The van der Waals surface area contributed by atoms with E-state index in [9.17, 15) is 19.2 Å². The largest absolute Gasteiger partial charge is 0.463 e. The van der Waals surface area contributed by atoms with Crippen LogP contribution in [0, 0.1) is 17.3 Å². The maximum atomic E-state index is 12.5.